The Labute approximate surface area is 126 Å². The standard InChI is InChI=1S/C16H24N2O3/c1-4-14(11-21-3)18-15(19)10-12(2)17-16(20)13-8-6-5-7-9-13/h5-9,12,14H,4,10-11H2,1-3H3,(H,17,20)(H,18,19). The number of rotatable bonds is 8. The van der Waals surface area contributed by atoms with Gasteiger partial charge in [-0.05, 0) is 25.5 Å². The molecule has 1 aromatic rings. The summed E-state index contributed by atoms with van der Waals surface area (Å²) in [6.45, 7) is 4.30. The molecule has 0 bridgehead atoms. The van der Waals surface area contributed by atoms with Gasteiger partial charge in [-0.15, -0.1) is 0 Å². The Morgan fingerprint density at radius 1 is 1.19 bits per heavy atom. The quantitative estimate of drug-likeness (QED) is 0.767. The van der Waals surface area contributed by atoms with E-state index in [1.165, 1.54) is 0 Å². The fourth-order valence-corrected chi connectivity index (χ4v) is 1.98. The van der Waals surface area contributed by atoms with E-state index in [-0.39, 0.29) is 30.3 Å². The number of hydrogen-bond donors (Lipinski definition) is 2. The first-order chi connectivity index (χ1) is 10.1. The van der Waals surface area contributed by atoms with Gasteiger partial charge in [0.15, 0.2) is 0 Å². The smallest absolute Gasteiger partial charge is 0.251 e. The molecule has 1 aromatic carbocycles. The number of ether oxygens (including phenoxy) is 1. The molecule has 2 atom stereocenters. The van der Waals surface area contributed by atoms with Crippen molar-refractivity contribution in [2.45, 2.75) is 38.8 Å². The molecule has 0 saturated heterocycles. The maximum Gasteiger partial charge on any atom is 0.251 e. The van der Waals surface area contributed by atoms with Crippen molar-refractivity contribution in [1.82, 2.24) is 10.6 Å². The van der Waals surface area contributed by atoms with E-state index in [0.29, 0.717) is 12.2 Å². The second-order valence-corrected chi connectivity index (χ2v) is 5.07. The molecule has 116 valence electrons. The Balaban J connectivity index is 2.40. The molecular weight excluding hydrogens is 268 g/mol. The second kappa shape index (κ2) is 9.13. The molecule has 2 unspecified atom stereocenters. The summed E-state index contributed by atoms with van der Waals surface area (Å²) in [7, 11) is 1.61. The number of nitrogens with one attached hydrogen (secondary N) is 2. The Morgan fingerprint density at radius 2 is 1.86 bits per heavy atom. The van der Waals surface area contributed by atoms with Gasteiger partial charge in [-0.2, -0.15) is 0 Å². The third-order valence-electron chi connectivity index (χ3n) is 3.13. The lowest BCUT2D eigenvalue weighted by molar-refractivity contribution is -0.122. The fourth-order valence-electron chi connectivity index (χ4n) is 1.98. The highest BCUT2D eigenvalue weighted by Gasteiger charge is 2.15. The number of methoxy groups -OCH3 is 1. The third-order valence-corrected chi connectivity index (χ3v) is 3.13. The average molecular weight is 292 g/mol. The molecule has 0 aromatic heterocycles. The van der Waals surface area contributed by atoms with Crippen LogP contribution in [0.4, 0.5) is 0 Å². The SMILES string of the molecule is CCC(COC)NC(=O)CC(C)NC(=O)c1ccccc1. The molecule has 0 radical (unpaired) electrons. The number of benzene rings is 1. The van der Waals surface area contributed by atoms with Gasteiger partial charge in [-0.1, -0.05) is 25.1 Å². The molecule has 1 rings (SSSR count). The number of carbonyl (C=O) groups excluding carboxylic acids is 2. The van der Waals surface area contributed by atoms with Crippen LogP contribution in [0.3, 0.4) is 0 Å². The second-order valence-electron chi connectivity index (χ2n) is 5.07. The van der Waals surface area contributed by atoms with E-state index in [2.05, 4.69) is 10.6 Å². The zero-order chi connectivity index (χ0) is 15.7. The molecule has 0 aliphatic heterocycles. The lowest BCUT2D eigenvalue weighted by Crippen LogP contribution is -2.42. The first-order valence-corrected chi connectivity index (χ1v) is 7.21. The number of hydrogen-bond acceptors (Lipinski definition) is 3. The molecule has 0 fully saturated rings. The molecule has 0 spiro atoms. The van der Waals surface area contributed by atoms with Gasteiger partial charge in [-0.3, -0.25) is 9.59 Å². The van der Waals surface area contributed by atoms with E-state index in [0.717, 1.165) is 6.42 Å². The first kappa shape index (κ1) is 17.2. The van der Waals surface area contributed by atoms with Gasteiger partial charge in [0.25, 0.3) is 5.91 Å². The van der Waals surface area contributed by atoms with Crippen LogP contribution >= 0.6 is 0 Å². The van der Waals surface area contributed by atoms with Gasteiger partial charge >= 0.3 is 0 Å². The molecule has 5 nitrogen and oxygen atoms in total. The Morgan fingerprint density at radius 3 is 2.43 bits per heavy atom. The van der Waals surface area contributed by atoms with Crippen LogP contribution in [0.25, 0.3) is 0 Å². The van der Waals surface area contributed by atoms with Gasteiger partial charge in [0.05, 0.1) is 12.6 Å². The van der Waals surface area contributed by atoms with Gasteiger partial charge in [-0.25, -0.2) is 0 Å². The minimum absolute atomic E-state index is 0.0134. The summed E-state index contributed by atoms with van der Waals surface area (Å²) in [5.41, 5.74) is 0.593. The van der Waals surface area contributed by atoms with E-state index in [1.807, 2.05) is 32.0 Å². The van der Waals surface area contributed by atoms with Crippen molar-refractivity contribution in [3.63, 3.8) is 0 Å². The van der Waals surface area contributed by atoms with Gasteiger partial charge < -0.3 is 15.4 Å². The van der Waals surface area contributed by atoms with Crippen LogP contribution in [0.1, 0.15) is 37.0 Å². The topological polar surface area (TPSA) is 67.4 Å². The molecule has 2 amide bonds. The van der Waals surface area contributed by atoms with Crippen molar-refractivity contribution in [3.05, 3.63) is 35.9 Å². The van der Waals surface area contributed by atoms with E-state index in [4.69, 9.17) is 4.74 Å². The van der Waals surface area contributed by atoms with Crippen LogP contribution < -0.4 is 10.6 Å². The van der Waals surface area contributed by atoms with Crippen LogP contribution in [0, 0.1) is 0 Å². The molecular formula is C16H24N2O3. The minimum Gasteiger partial charge on any atom is -0.383 e. The first-order valence-electron chi connectivity index (χ1n) is 7.21. The van der Waals surface area contributed by atoms with Gasteiger partial charge in [0.2, 0.25) is 5.91 Å². The maximum absolute atomic E-state index is 12.0. The van der Waals surface area contributed by atoms with E-state index < -0.39 is 0 Å². The van der Waals surface area contributed by atoms with Crippen LogP contribution in [0.15, 0.2) is 30.3 Å². The van der Waals surface area contributed by atoms with Crippen LogP contribution in [-0.2, 0) is 9.53 Å². The molecule has 0 aliphatic carbocycles. The number of amides is 2. The van der Waals surface area contributed by atoms with Gasteiger partial charge in [0, 0.05) is 25.1 Å². The number of carbonyl (C=O) groups is 2. The Kier molecular flexibility index (Phi) is 7.46. The predicted molar refractivity (Wildman–Crippen MR) is 82.1 cm³/mol. The van der Waals surface area contributed by atoms with Crippen LogP contribution in [-0.4, -0.2) is 37.6 Å². The molecule has 0 aliphatic rings. The Bertz CT molecular complexity index is 448. The lowest BCUT2D eigenvalue weighted by Gasteiger charge is -2.18. The third kappa shape index (κ3) is 6.40. The molecule has 2 N–H and O–H groups in total. The van der Waals surface area contributed by atoms with E-state index in [1.54, 1.807) is 19.2 Å². The van der Waals surface area contributed by atoms with Gasteiger partial charge in [0.1, 0.15) is 0 Å². The van der Waals surface area contributed by atoms with Crippen molar-refractivity contribution in [1.29, 1.82) is 0 Å². The monoisotopic (exact) mass is 292 g/mol. The predicted octanol–water partition coefficient (Wildman–Crippen LogP) is 1.74. The molecule has 0 saturated carbocycles. The average Bonchev–Trinajstić information content (AvgIpc) is 2.47. The van der Waals surface area contributed by atoms with Crippen molar-refractivity contribution in [2.24, 2.45) is 0 Å². The Hall–Kier alpha value is -1.88. The van der Waals surface area contributed by atoms with E-state index in [9.17, 15) is 9.59 Å². The summed E-state index contributed by atoms with van der Waals surface area (Å²) >= 11 is 0. The summed E-state index contributed by atoms with van der Waals surface area (Å²) in [5.74, 6) is -0.250. The largest absolute Gasteiger partial charge is 0.383 e. The summed E-state index contributed by atoms with van der Waals surface area (Å²) in [4.78, 5) is 23.9. The lowest BCUT2D eigenvalue weighted by atomic mass is 10.1. The van der Waals surface area contributed by atoms with E-state index >= 15 is 0 Å². The normalized spacial score (nSPS) is 13.3. The highest BCUT2D eigenvalue weighted by atomic mass is 16.5. The van der Waals surface area contributed by atoms with Crippen LogP contribution in [0.5, 0.6) is 0 Å². The highest BCUT2D eigenvalue weighted by Crippen LogP contribution is 2.01. The van der Waals surface area contributed by atoms with Crippen molar-refractivity contribution in [3.8, 4) is 0 Å². The van der Waals surface area contributed by atoms with Crippen molar-refractivity contribution >= 4 is 11.8 Å². The van der Waals surface area contributed by atoms with Crippen molar-refractivity contribution in [2.75, 3.05) is 13.7 Å². The van der Waals surface area contributed by atoms with Crippen LogP contribution in [0.2, 0.25) is 0 Å². The molecule has 0 heterocycles. The minimum atomic E-state index is -0.224. The maximum atomic E-state index is 12.0. The summed E-state index contributed by atoms with van der Waals surface area (Å²) in [6.07, 6.45) is 1.06. The fraction of sp³-hybridized carbons (Fsp3) is 0.500. The zero-order valence-electron chi connectivity index (χ0n) is 12.9. The zero-order valence-corrected chi connectivity index (χ0v) is 12.9. The summed E-state index contributed by atoms with van der Waals surface area (Å²) < 4.78 is 5.04. The molecule has 21 heavy (non-hydrogen) atoms. The van der Waals surface area contributed by atoms with Crippen molar-refractivity contribution < 1.29 is 14.3 Å². The highest BCUT2D eigenvalue weighted by molar-refractivity contribution is 5.94. The molecule has 5 heteroatoms. The summed E-state index contributed by atoms with van der Waals surface area (Å²) in [6, 6.07) is 8.75. The summed E-state index contributed by atoms with van der Waals surface area (Å²) in [5, 5.41) is 5.72.